The molecular weight excluding hydrogens is 462 g/mol. The van der Waals surface area contributed by atoms with Crippen molar-refractivity contribution < 1.29 is 17.9 Å². The van der Waals surface area contributed by atoms with E-state index in [1.165, 1.54) is 12.1 Å². The second-order valence-electron chi connectivity index (χ2n) is 7.61. The average molecular weight is 488 g/mol. The summed E-state index contributed by atoms with van der Waals surface area (Å²) >= 11 is 0. The Hall–Kier alpha value is -4.17. The summed E-state index contributed by atoms with van der Waals surface area (Å²) in [6.07, 6.45) is 1.55. The number of amides is 1. The molecule has 4 aromatic rings. The van der Waals surface area contributed by atoms with E-state index < -0.39 is 22.5 Å². The zero-order chi connectivity index (χ0) is 24.7. The molecule has 1 amide bonds. The van der Waals surface area contributed by atoms with Gasteiger partial charge in [0.25, 0.3) is 15.9 Å². The van der Waals surface area contributed by atoms with Crippen LogP contribution in [-0.2, 0) is 14.8 Å². The van der Waals surface area contributed by atoms with E-state index in [0.717, 1.165) is 20.6 Å². The highest BCUT2D eigenvalue weighted by Crippen LogP contribution is 2.25. The van der Waals surface area contributed by atoms with E-state index in [2.05, 4.69) is 10.5 Å². The molecule has 0 atom stereocenters. The maximum absolute atomic E-state index is 13.4. The van der Waals surface area contributed by atoms with Crippen molar-refractivity contribution in [2.75, 3.05) is 17.5 Å². The molecule has 0 aliphatic rings. The third-order valence-corrected chi connectivity index (χ3v) is 7.06. The number of fused-ring (bicyclic) bond motifs is 1. The lowest BCUT2D eigenvalue weighted by atomic mass is 10.1. The van der Waals surface area contributed by atoms with Crippen molar-refractivity contribution in [1.29, 1.82) is 0 Å². The van der Waals surface area contributed by atoms with Gasteiger partial charge in [0.05, 0.1) is 23.4 Å². The summed E-state index contributed by atoms with van der Waals surface area (Å²) in [6.45, 7) is 1.89. The molecule has 4 aromatic carbocycles. The van der Waals surface area contributed by atoms with Gasteiger partial charge in [-0.1, -0.05) is 60.7 Å². The van der Waals surface area contributed by atoms with Crippen molar-refractivity contribution in [1.82, 2.24) is 5.43 Å². The fourth-order valence-electron chi connectivity index (χ4n) is 3.61. The average Bonchev–Trinajstić information content (AvgIpc) is 2.88. The molecule has 0 aromatic heterocycles. The molecule has 0 bridgehead atoms. The summed E-state index contributed by atoms with van der Waals surface area (Å²) < 4.78 is 33.4. The molecule has 0 spiro atoms. The summed E-state index contributed by atoms with van der Waals surface area (Å²) in [5.74, 6) is -0.00178. The Morgan fingerprint density at radius 2 is 1.60 bits per heavy atom. The number of anilines is 1. The highest BCUT2D eigenvalue weighted by atomic mass is 32.2. The van der Waals surface area contributed by atoms with E-state index in [4.69, 9.17) is 4.74 Å². The van der Waals surface area contributed by atoms with Crippen molar-refractivity contribution in [2.45, 2.75) is 11.8 Å². The van der Waals surface area contributed by atoms with Gasteiger partial charge in [-0.2, -0.15) is 5.10 Å². The third kappa shape index (κ3) is 5.67. The summed E-state index contributed by atoms with van der Waals surface area (Å²) in [5, 5.41) is 6.11. The number of sulfonamides is 1. The number of rotatable bonds is 9. The number of ether oxygens (including phenoxy) is 1. The van der Waals surface area contributed by atoms with Gasteiger partial charge in [-0.15, -0.1) is 0 Å². The topological polar surface area (TPSA) is 88.1 Å². The number of nitrogens with zero attached hydrogens (tertiary/aromatic N) is 2. The number of hydrogen-bond acceptors (Lipinski definition) is 5. The van der Waals surface area contributed by atoms with Gasteiger partial charge >= 0.3 is 0 Å². The lowest BCUT2D eigenvalue weighted by Crippen LogP contribution is -2.39. The molecule has 4 rings (SSSR count). The van der Waals surface area contributed by atoms with Crippen LogP contribution in [0.4, 0.5) is 5.69 Å². The SMILES string of the molecule is CCOc1ccc(S(=O)(=O)N(CC(=O)N/N=C\c2cccc3ccccc23)c2ccccc2)cc1. The van der Waals surface area contributed by atoms with Gasteiger partial charge in [0.1, 0.15) is 12.3 Å². The Morgan fingerprint density at radius 3 is 2.34 bits per heavy atom. The second-order valence-corrected chi connectivity index (χ2v) is 9.48. The smallest absolute Gasteiger partial charge is 0.264 e. The third-order valence-electron chi connectivity index (χ3n) is 5.27. The van der Waals surface area contributed by atoms with Crippen LogP contribution in [0, 0.1) is 0 Å². The highest BCUT2D eigenvalue weighted by molar-refractivity contribution is 7.92. The number of carbonyl (C=O) groups is 1. The van der Waals surface area contributed by atoms with Gasteiger partial charge in [-0.3, -0.25) is 9.10 Å². The van der Waals surface area contributed by atoms with Crippen LogP contribution in [0.15, 0.2) is 107 Å². The van der Waals surface area contributed by atoms with Gasteiger partial charge in [0, 0.05) is 5.56 Å². The minimum atomic E-state index is -4.02. The molecule has 0 aliphatic carbocycles. The standard InChI is InChI=1S/C27H25N3O4S/c1-2-34-24-15-17-25(18-16-24)35(32,33)30(23-12-4-3-5-13-23)20-27(31)29-28-19-22-11-8-10-21-9-6-7-14-26(21)22/h3-19H,2,20H2,1H3,(H,29,31)/b28-19-. The van der Waals surface area contributed by atoms with Crippen molar-refractivity contribution in [3.63, 3.8) is 0 Å². The first-order chi connectivity index (χ1) is 17.0. The number of para-hydroxylation sites is 1. The van der Waals surface area contributed by atoms with Gasteiger partial charge < -0.3 is 4.74 Å². The maximum Gasteiger partial charge on any atom is 0.264 e. The van der Waals surface area contributed by atoms with E-state index in [0.29, 0.717) is 18.0 Å². The van der Waals surface area contributed by atoms with E-state index in [-0.39, 0.29) is 4.90 Å². The molecule has 178 valence electrons. The predicted octanol–water partition coefficient (Wildman–Crippen LogP) is 4.58. The summed E-state index contributed by atoms with van der Waals surface area (Å²) in [4.78, 5) is 12.8. The number of hydrogen-bond donors (Lipinski definition) is 1. The molecule has 0 saturated carbocycles. The fourth-order valence-corrected chi connectivity index (χ4v) is 5.03. The Labute approximate surface area is 204 Å². The van der Waals surface area contributed by atoms with E-state index in [1.54, 1.807) is 48.7 Å². The molecule has 0 radical (unpaired) electrons. The number of carbonyl (C=O) groups excluding carboxylic acids is 1. The van der Waals surface area contributed by atoms with Crippen LogP contribution in [0.25, 0.3) is 10.8 Å². The number of nitrogens with one attached hydrogen (secondary N) is 1. The molecule has 35 heavy (non-hydrogen) atoms. The van der Waals surface area contributed by atoms with Crippen LogP contribution in [0.1, 0.15) is 12.5 Å². The molecular formula is C27H25N3O4S. The Morgan fingerprint density at radius 1 is 0.914 bits per heavy atom. The lowest BCUT2D eigenvalue weighted by molar-refractivity contribution is -0.119. The Bertz CT molecular complexity index is 1430. The minimum Gasteiger partial charge on any atom is -0.494 e. The van der Waals surface area contributed by atoms with Crippen molar-refractivity contribution in [2.24, 2.45) is 5.10 Å². The first-order valence-corrected chi connectivity index (χ1v) is 12.5. The summed E-state index contributed by atoms with van der Waals surface area (Å²) in [5.41, 5.74) is 3.66. The van der Waals surface area contributed by atoms with Crippen molar-refractivity contribution in [3.8, 4) is 5.75 Å². The van der Waals surface area contributed by atoms with Crippen LogP contribution in [0.3, 0.4) is 0 Å². The lowest BCUT2D eigenvalue weighted by Gasteiger charge is -2.23. The Balaban J connectivity index is 1.54. The highest BCUT2D eigenvalue weighted by Gasteiger charge is 2.27. The predicted molar refractivity (Wildman–Crippen MR) is 138 cm³/mol. The van der Waals surface area contributed by atoms with Crippen LogP contribution in [0.5, 0.6) is 5.75 Å². The van der Waals surface area contributed by atoms with Crippen LogP contribution >= 0.6 is 0 Å². The van der Waals surface area contributed by atoms with Crippen molar-refractivity contribution in [3.05, 3.63) is 103 Å². The van der Waals surface area contributed by atoms with Crippen LogP contribution < -0.4 is 14.5 Å². The summed E-state index contributed by atoms with van der Waals surface area (Å²) in [7, 11) is -4.02. The molecule has 1 N–H and O–H groups in total. The van der Waals surface area contributed by atoms with Gasteiger partial charge in [0.2, 0.25) is 0 Å². The molecule has 7 nitrogen and oxygen atoms in total. The molecule has 0 heterocycles. The minimum absolute atomic E-state index is 0.0527. The first kappa shape index (κ1) is 24.0. The maximum atomic E-state index is 13.4. The van der Waals surface area contributed by atoms with Gasteiger partial charge in [-0.05, 0) is 54.1 Å². The number of benzene rings is 4. The fraction of sp³-hybridized carbons (Fsp3) is 0.111. The van der Waals surface area contributed by atoms with Crippen molar-refractivity contribution >= 4 is 38.6 Å². The second kappa shape index (κ2) is 10.8. The van der Waals surface area contributed by atoms with Gasteiger partial charge in [-0.25, -0.2) is 13.8 Å². The first-order valence-electron chi connectivity index (χ1n) is 11.1. The molecule has 0 fully saturated rings. The van der Waals surface area contributed by atoms with Crippen LogP contribution in [-0.4, -0.2) is 33.7 Å². The van der Waals surface area contributed by atoms with Gasteiger partial charge in [0.15, 0.2) is 0 Å². The quantitative estimate of drug-likeness (QED) is 0.276. The summed E-state index contributed by atoms with van der Waals surface area (Å²) in [6, 6.07) is 28.2. The zero-order valence-electron chi connectivity index (χ0n) is 19.2. The molecule has 8 heteroatoms. The zero-order valence-corrected chi connectivity index (χ0v) is 20.0. The number of hydrazone groups is 1. The van der Waals surface area contributed by atoms with E-state index >= 15 is 0 Å². The Kier molecular flexibility index (Phi) is 7.42. The molecule has 0 unspecified atom stereocenters. The molecule has 0 aliphatic heterocycles. The van der Waals surface area contributed by atoms with E-state index in [9.17, 15) is 13.2 Å². The van der Waals surface area contributed by atoms with Crippen LogP contribution in [0.2, 0.25) is 0 Å². The van der Waals surface area contributed by atoms with E-state index in [1.807, 2.05) is 49.4 Å². The normalized spacial score (nSPS) is 11.5. The largest absolute Gasteiger partial charge is 0.494 e. The molecule has 0 saturated heterocycles. The monoisotopic (exact) mass is 487 g/mol.